The highest BCUT2D eigenvalue weighted by atomic mass is 35.5. The Morgan fingerprint density at radius 3 is 2.43 bits per heavy atom. The van der Waals surface area contributed by atoms with Gasteiger partial charge in [0.15, 0.2) is 5.78 Å². The molecule has 0 spiro atoms. The fraction of sp³-hybridized carbons (Fsp3) is 0.261. The zero-order valence-electron chi connectivity index (χ0n) is 17.0. The van der Waals surface area contributed by atoms with Crippen molar-refractivity contribution < 1.29 is 19.5 Å². The van der Waals surface area contributed by atoms with Gasteiger partial charge in [0, 0.05) is 26.1 Å². The van der Waals surface area contributed by atoms with Crippen molar-refractivity contribution in [2.75, 3.05) is 14.1 Å². The first-order valence-corrected chi connectivity index (χ1v) is 10.1. The first kappa shape index (κ1) is 23.6. The van der Waals surface area contributed by atoms with E-state index in [4.69, 9.17) is 23.2 Å². The lowest BCUT2D eigenvalue weighted by atomic mass is 9.94. The number of aliphatic carboxylic acids is 1. The highest BCUT2D eigenvalue weighted by molar-refractivity contribution is 6.42. The number of carboxylic acids is 1. The van der Waals surface area contributed by atoms with Crippen molar-refractivity contribution in [3.05, 3.63) is 80.3 Å². The van der Waals surface area contributed by atoms with Gasteiger partial charge in [-0.3, -0.25) is 9.59 Å². The largest absolute Gasteiger partial charge is 0.478 e. The van der Waals surface area contributed by atoms with Crippen LogP contribution in [0.4, 0.5) is 0 Å². The second-order valence-corrected chi connectivity index (χ2v) is 7.90. The maximum Gasteiger partial charge on any atom is 0.339 e. The lowest BCUT2D eigenvalue weighted by molar-refractivity contribution is -0.132. The molecular formula is C23H23Cl2NO4. The molecule has 5 nitrogen and oxygen atoms in total. The molecule has 0 atom stereocenters. The highest BCUT2D eigenvalue weighted by Gasteiger charge is 2.21. The van der Waals surface area contributed by atoms with E-state index < -0.39 is 11.8 Å². The van der Waals surface area contributed by atoms with Crippen LogP contribution in [0.3, 0.4) is 0 Å². The van der Waals surface area contributed by atoms with Crippen molar-refractivity contribution in [1.82, 2.24) is 4.90 Å². The van der Waals surface area contributed by atoms with E-state index in [-0.39, 0.29) is 24.3 Å². The van der Waals surface area contributed by atoms with Gasteiger partial charge in [0.1, 0.15) is 5.57 Å². The van der Waals surface area contributed by atoms with Crippen LogP contribution >= 0.6 is 23.2 Å². The maximum absolute atomic E-state index is 13.0. The summed E-state index contributed by atoms with van der Waals surface area (Å²) in [5, 5.41) is 10.4. The number of halogens is 2. The minimum atomic E-state index is -1.32. The first-order valence-electron chi connectivity index (χ1n) is 9.32. The van der Waals surface area contributed by atoms with Gasteiger partial charge in [0.2, 0.25) is 5.91 Å². The van der Waals surface area contributed by atoms with E-state index in [1.165, 1.54) is 11.0 Å². The molecule has 2 rings (SSSR count). The molecule has 158 valence electrons. The van der Waals surface area contributed by atoms with Crippen molar-refractivity contribution in [2.24, 2.45) is 0 Å². The number of carbonyl (C=O) groups is 3. The van der Waals surface area contributed by atoms with Crippen LogP contribution in [0.1, 0.15) is 39.9 Å². The summed E-state index contributed by atoms with van der Waals surface area (Å²) in [6.07, 6.45) is 2.06. The molecule has 0 bridgehead atoms. The van der Waals surface area contributed by atoms with E-state index in [1.807, 2.05) is 12.1 Å². The minimum Gasteiger partial charge on any atom is -0.478 e. The summed E-state index contributed by atoms with van der Waals surface area (Å²) in [5.74, 6) is -2.05. The Balaban J connectivity index is 2.30. The molecule has 0 saturated heterocycles. The summed E-state index contributed by atoms with van der Waals surface area (Å²) in [7, 11) is 3.24. The Bertz CT molecular complexity index is 1010. The molecule has 30 heavy (non-hydrogen) atoms. The van der Waals surface area contributed by atoms with Crippen LogP contribution < -0.4 is 0 Å². The number of Topliss-reactive ketones (excluding diaryl/α,β-unsaturated/α-hetero) is 1. The predicted molar refractivity (Wildman–Crippen MR) is 118 cm³/mol. The lowest BCUT2D eigenvalue weighted by Crippen LogP contribution is -2.21. The number of aryl methyl sites for hydroxylation is 1. The van der Waals surface area contributed by atoms with E-state index in [1.54, 1.807) is 45.3 Å². The third-order valence-electron chi connectivity index (χ3n) is 4.65. The zero-order valence-corrected chi connectivity index (χ0v) is 18.5. The Hall–Kier alpha value is -2.63. The van der Waals surface area contributed by atoms with Gasteiger partial charge in [-0.2, -0.15) is 0 Å². The highest BCUT2D eigenvalue weighted by Crippen LogP contribution is 2.28. The number of ketones is 1. The van der Waals surface area contributed by atoms with Crippen molar-refractivity contribution in [3.8, 4) is 0 Å². The van der Waals surface area contributed by atoms with E-state index in [2.05, 4.69) is 0 Å². The van der Waals surface area contributed by atoms with Crippen LogP contribution in [0.25, 0.3) is 0 Å². The van der Waals surface area contributed by atoms with E-state index in [9.17, 15) is 19.5 Å². The zero-order chi connectivity index (χ0) is 22.4. The third kappa shape index (κ3) is 5.94. The smallest absolute Gasteiger partial charge is 0.339 e. The molecule has 0 aliphatic heterocycles. The standard InChI is InChI=1S/C23H23Cl2NO4/c1-14-10-11-15(12-16-6-4-8-19(24)21(16)25)13-18(14)22(28)17(23(29)30)7-5-9-20(27)26(2)3/h4,6-8,10-11,13H,5,9,12H2,1-3H3,(H,29,30). The number of benzene rings is 2. The minimum absolute atomic E-state index is 0.128. The van der Waals surface area contributed by atoms with Gasteiger partial charge < -0.3 is 10.0 Å². The molecule has 0 aliphatic rings. The van der Waals surface area contributed by atoms with Gasteiger partial charge in [0.25, 0.3) is 0 Å². The van der Waals surface area contributed by atoms with Gasteiger partial charge >= 0.3 is 5.97 Å². The number of hydrogen-bond donors (Lipinski definition) is 1. The van der Waals surface area contributed by atoms with E-state index >= 15 is 0 Å². The molecule has 2 aromatic rings. The molecule has 0 unspecified atom stereocenters. The van der Waals surface area contributed by atoms with E-state index in [0.717, 1.165) is 11.1 Å². The Morgan fingerprint density at radius 1 is 1.10 bits per heavy atom. The molecule has 0 aromatic heterocycles. The summed E-state index contributed by atoms with van der Waals surface area (Å²) in [4.78, 5) is 37.8. The fourth-order valence-corrected chi connectivity index (χ4v) is 3.30. The second-order valence-electron chi connectivity index (χ2n) is 7.12. The monoisotopic (exact) mass is 447 g/mol. The lowest BCUT2D eigenvalue weighted by Gasteiger charge is -2.11. The molecule has 1 amide bonds. The molecule has 1 N–H and O–H groups in total. The normalized spacial score (nSPS) is 11.3. The maximum atomic E-state index is 13.0. The van der Waals surface area contributed by atoms with Gasteiger partial charge in [-0.25, -0.2) is 4.79 Å². The number of allylic oxidation sites excluding steroid dienone is 1. The summed E-state index contributed by atoms with van der Waals surface area (Å²) < 4.78 is 0. The molecule has 0 radical (unpaired) electrons. The Labute approximate surface area is 185 Å². The van der Waals surface area contributed by atoms with Crippen LogP contribution in [0.15, 0.2) is 48.0 Å². The number of nitrogens with zero attached hydrogens (tertiary/aromatic N) is 1. The average molecular weight is 448 g/mol. The Kier molecular flexibility index (Phi) is 8.21. The average Bonchev–Trinajstić information content (AvgIpc) is 2.69. The summed E-state index contributed by atoms with van der Waals surface area (Å²) in [6.45, 7) is 1.75. The van der Waals surface area contributed by atoms with Crippen molar-refractivity contribution >= 4 is 40.9 Å². The van der Waals surface area contributed by atoms with Crippen molar-refractivity contribution in [1.29, 1.82) is 0 Å². The van der Waals surface area contributed by atoms with Gasteiger partial charge in [-0.1, -0.05) is 53.5 Å². The van der Waals surface area contributed by atoms with E-state index in [0.29, 0.717) is 27.6 Å². The molecule has 2 aromatic carbocycles. The third-order valence-corrected chi connectivity index (χ3v) is 5.51. The topological polar surface area (TPSA) is 74.7 Å². The van der Waals surface area contributed by atoms with Gasteiger partial charge in [-0.15, -0.1) is 0 Å². The molecule has 0 fully saturated rings. The second kappa shape index (κ2) is 10.4. The predicted octanol–water partition coefficient (Wildman–Crippen LogP) is 4.95. The molecule has 0 heterocycles. The van der Waals surface area contributed by atoms with Crippen LogP contribution in [0.2, 0.25) is 10.0 Å². The first-order chi connectivity index (χ1) is 14.1. The summed E-state index contributed by atoms with van der Waals surface area (Å²) >= 11 is 12.3. The SMILES string of the molecule is Cc1ccc(Cc2cccc(Cl)c2Cl)cc1C(=O)C(=CCCC(=O)N(C)C)C(=O)O. The van der Waals surface area contributed by atoms with Crippen LogP contribution in [-0.4, -0.2) is 41.8 Å². The number of hydrogen-bond acceptors (Lipinski definition) is 3. The number of carboxylic acid groups (broad SMARTS) is 1. The molecular weight excluding hydrogens is 425 g/mol. The van der Waals surface area contributed by atoms with Crippen molar-refractivity contribution in [2.45, 2.75) is 26.2 Å². The Morgan fingerprint density at radius 2 is 1.80 bits per heavy atom. The number of carbonyl (C=O) groups excluding carboxylic acids is 2. The summed E-state index contributed by atoms with van der Waals surface area (Å²) in [5.41, 5.74) is 2.24. The number of rotatable bonds is 8. The number of amides is 1. The van der Waals surface area contributed by atoms with Crippen LogP contribution in [0, 0.1) is 6.92 Å². The van der Waals surface area contributed by atoms with Crippen LogP contribution in [0.5, 0.6) is 0 Å². The molecule has 0 saturated carbocycles. The summed E-state index contributed by atoms with van der Waals surface area (Å²) in [6, 6.07) is 10.7. The molecule has 0 aliphatic carbocycles. The quantitative estimate of drug-likeness (QED) is 0.268. The fourth-order valence-electron chi connectivity index (χ4n) is 2.91. The van der Waals surface area contributed by atoms with Crippen LogP contribution in [-0.2, 0) is 16.0 Å². The van der Waals surface area contributed by atoms with Gasteiger partial charge in [0.05, 0.1) is 10.0 Å². The van der Waals surface area contributed by atoms with Crippen molar-refractivity contribution in [3.63, 3.8) is 0 Å². The van der Waals surface area contributed by atoms with Gasteiger partial charge in [-0.05, 0) is 48.6 Å². The molecule has 7 heteroatoms.